The van der Waals surface area contributed by atoms with Gasteiger partial charge in [0.2, 0.25) is 5.95 Å². The summed E-state index contributed by atoms with van der Waals surface area (Å²) in [4.78, 5) is 22.4. The van der Waals surface area contributed by atoms with Crippen LogP contribution in [0.2, 0.25) is 0 Å². The summed E-state index contributed by atoms with van der Waals surface area (Å²) in [5, 5.41) is 0. The lowest BCUT2D eigenvalue weighted by Gasteiger charge is -2.39. The minimum Gasteiger partial charge on any atom is -0.368 e. The monoisotopic (exact) mass is 364 g/mol. The second kappa shape index (κ2) is 7.29. The zero-order chi connectivity index (χ0) is 18.9. The molecule has 1 aromatic heterocycles. The van der Waals surface area contributed by atoms with Crippen molar-refractivity contribution in [3.8, 4) is 0 Å². The number of hydrogen-bond acceptors (Lipinski definition) is 4. The Morgan fingerprint density at radius 1 is 1.19 bits per heavy atom. The third-order valence-corrected chi connectivity index (χ3v) is 6.45. The van der Waals surface area contributed by atoms with Crippen LogP contribution >= 0.6 is 0 Å². The zero-order valence-corrected chi connectivity index (χ0v) is 16.0. The van der Waals surface area contributed by atoms with E-state index in [4.69, 9.17) is 5.73 Å². The van der Waals surface area contributed by atoms with Crippen LogP contribution in [0.4, 0.5) is 5.95 Å². The molecule has 142 valence electrons. The predicted octanol–water partition coefficient (Wildman–Crippen LogP) is 3.89. The van der Waals surface area contributed by atoms with Gasteiger partial charge in [-0.15, -0.1) is 0 Å². The van der Waals surface area contributed by atoms with Crippen molar-refractivity contribution in [2.24, 2.45) is 11.3 Å². The second-order valence-electron chi connectivity index (χ2n) is 8.48. The smallest absolute Gasteiger partial charge is 0.256 e. The van der Waals surface area contributed by atoms with Crippen LogP contribution in [0.15, 0.2) is 42.7 Å². The summed E-state index contributed by atoms with van der Waals surface area (Å²) in [5.74, 6) is 1.83. The number of benzene rings is 1. The van der Waals surface area contributed by atoms with Crippen LogP contribution in [0, 0.1) is 11.3 Å². The summed E-state index contributed by atoms with van der Waals surface area (Å²) in [5.41, 5.74) is 7.87. The number of aromatic nitrogens is 2. The largest absolute Gasteiger partial charge is 0.368 e. The minimum atomic E-state index is 0.0170. The number of anilines is 1. The van der Waals surface area contributed by atoms with Crippen LogP contribution < -0.4 is 5.73 Å². The van der Waals surface area contributed by atoms with Crippen LogP contribution in [-0.2, 0) is 0 Å². The molecule has 27 heavy (non-hydrogen) atoms. The molecule has 4 rings (SSSR count). The van der Waals surface area contributed by atoms with Gasteiger partial charge in [0, 0.05) is 25.5 Å². The highest BCUT2D eigenvalue weighted by Crippen LogP contribution is 2.52. The van der Waals surface area contributed by atoms with Crippen molar-refractivity contribution < 1.29 is 4.79 Å². The highest BCUT2D eigenvalue weighted by molar-refractivity contribution is 5.93. The van der Waals surface area contributed by atoms with Gasteiger partial charge in [-0.2, -0.15) is 0 Å². The Morgan fingerprint density at radius 2 is 1.85 bits per heavy atom. The van der Waals surface area contributed by atoms with Crippen LogP contribution in [0.1, 0.15) is 60.9 Å². The average Bonchev–Trinajstić information content (AvgIpc) is 3.48. The molecule has 1 aliphatic carbocycles. The van der Waals surface area contributed by atoms with Gasteiger partial charge in [0.1, 0.15) is 0 Å². The Bertz CT molecular complexity index is 782. The van der Waals surface area contributed by atoms with Gasteiger partial charge in [-0.25, -0.2) is 9.97 Å². The first-order valence-corrected chi connectivity index (χ1v) is 9.96. The highest BCUT2D eigenvalue weighted by Gasteiger charge is 2.40. The van der Waals surface area contributed by atoms with E-state index in [0.29, 0.717) is 11.0 Å². The van der Waals surface area contributed by atoms with Gasteiger partial charge in [0.25, 0.3) is 5.91 Å². The molecule has 1 saturated heterocycles. The molecule has 2 aromatic rings. The molecule has 2 atom stereocenters. The number of nitrogens with zero attached hydrogens (tertiary/aromatic N) is 3. The van der Waals surface area contributed by atoms with Gasteiger partial charge in [0.05, 0.1) is 5.56 Å². The molecular formula is C22H28N4O. The Balaban J connectivity index is 1.26. The molecule has 0 bridgehead atoms. The maximum absolute atomic E-state index is 12.6. The Hall–Kier alpha value is -2.43. The van der Waals surface area contributed by atoms with Gasteiger partial charge >= 0.3 is 0 Å². The molecule has 2 aliphatic rings. The van der Waals surface area contributed by atoms with Crippen molar-refractivity contribution in [1.82, 2.24) is 14.9 Å². The Morgan fingerprint density at radius 3 is 2.52 bits per heavy atom. The van der Waals surface area contributed by atoms with Crippen LogP contribution in [0.25, 0.3) is 0 Å². The van der Waals surface area contributed by atoms with E-state index in [0.717, 1.165) is 37.8 Å². The average molecular weight is 364 g/mol. The van der Waals surface area contributed by atoms with Gasteiger partial charge in [-0.1, -0.05) is 37.3 Å². The number of nitrogens with two attached hydrogens (primary N) is 1. The van der Waals surface area contributed by atoms with Crippen LogP contribution in [-0.4, -0.2) is 33.9 Å². The van der Waals surface area contributed by atoms with E-state index in [9.17, 15) is 4.79 Å². The lowest BCUT2D eigenvalue weighted by Crippen LogP contribution is -2.42. The van der Waals surface area contributed by atoms with Crippen molar-refractivity contribution in [3.05, 3.63) is 53.9 Å². The highest BCUT2D eigenvalue weighted by atomic mass is 16.2. The molecule has 2 heterocycles. The number of carbonyl (C=O) groups excluding carboxylic acids is 1. The van der Waals surface area contributed by atoms with E-state index in [1.165, 1.54) is 37.2 Å². The topological polar surface area (TPSA) is 72.1 Å². The standard InChI is InChI=1S/C22H28N4O/c1-22(8-7-17-13-19(17)16-5-3-2-4-6-16)9-11-26(12-10-22)20(27)18-14-24-21(23)25-15-18/h2-6,14-15,17,19H,7-13H2,1H3,(H2,23,24,25)/t17-,19?/m1/s1. The van der Waals surface area contributed by atoms with Gasteiger partial charge in [-0.3, -0.25) is 4.79 Å². The molecular weight excluding hydrogens is 336 g/mol. The summed E-state index contributed by atoms with van der Waals surface area (Å²) >= 11 is 0. The van der Waals surface area contributed by atoms with Crippen LogP contribution in [0.5, 0.6) is 0 Å². The lowest BCUT2D eigenvalue weighted by molar-refractivity contribution is 0.0585. The molecule has 2 N–H and O–H groups in total. The summed E-state index contributed by atoms with van der Waals surface area (Å²) in [6, 6.07) is 10.9. The third-order valence-electron chi connectivity index (χ3n) is 6.45. The number of amides is 1. The maximum atomic E-state index is 12.6. The molecule has 5 heteroatoms. The molecule has 5 nitrogen and oxygen atoms in total. The molecule has 1 saturated carbocycles. The van der Waals surface area contributed by atoms with Crippen molar-refractivity contribution >= 4 is 11.9 Å². The maximum Gasteiger partial charge on any atom is 0.256 e. The SMILES string of the molecule is CC1(CC[C@@H]2CC2c2ccccc2)CCN(C(=O)c2cnc(N)nc2)CC1. The molecule has 1 aliphatic heterocycles. The summed E-state index contributed by atoms with van der Waals surface area (Å²) in [6.07, 6.45) is 9.07. The van der Waals surface area contributed by atoms with E-state index in [1.807, 2.05) is 4.90 Å². The molecule has 1 aromatic carbocycles. The van der Waals surface area contributed by atoms with Crippen LogP contribution in [0.3, 0.4) is 0 Å². The number of hydrogen-bond donors (Lipinski definition) is 1. The Kier molecular flexibility index (Phi) is 4.85. The van der Waals surface area contributed by atoms with Gasteiger partial charge in [-0.05, 0) is 54.9 Å². The van der Waals surface area contributed by atoms with Gasteiger partial charge in [0.15, 0.2) is 0 Å². The summed E-state index contributed by atoms with van der Waals surface area (Å²) in [7, 11) is 0. The first-order chi connectivity index (χ1) is 13.0. The number of carbonyl (C=O) groups is 1. The van der Waals surface area contributed by atoms with E-state index in [1.54, 1.807) is 0 Å². The van der Waals surface area contributed by atoms with Crippen molar-refractivity contribution in [3.63, 3.8) is 0 Å². The van der Waals surface area contributed by atoms with E-state index in [-0.39, 0.29) is 11.9 Å². The van der Waals surface area contributed by atoms with Crippen molar-refractivity contribution in [2.45, 2.75) is 44.9 Å². The second-order valence-corrected chi connectivity index (χ2v) is 8.48. The molecule has 1 unspecified atom stereocenters. The number of piperidine rings is 1. The number of nitrogen functional groups attached to an aromatic ring is 1. The van der Waals surface area contributed by atoms with Gasteiger partial charge < -0.3 is 10.6 Å². The quantitative estimate of drug-likeness (QED) is 0.874. The fourth-order valence-electron chi connectivity index (χ4n) is 4.34. The third kappa shape index (κ3) is 4.12. The van der Waals surface area contributed by atoms with Crippen molar-refractivity contribution in [2.75, 3.05) is 18.8 Å². The number of rotatable bonds is 5. The molecule has 1 amide bonds. The normalized spacial score (nSPS) is 23.8. The van der Waals surface area contributed by atoms with E-state index >= 15 is 0 Å². The zero-order valence-electron chi connectivity index (χ0n) is 16.0. The fraction of sp³-hybridized carbons (Fsp3) is 0.500. The predicted molar refractivity (Wildman–Crippen MR) is 106 cm³/mol. The lowest BCUT2D eigenvalue weighted by atomic mass is 9.76. The first kappa shape index (κ1) is 18.0. The van der Waals surface area contributed by atoms with Crippen molar-refractivity contribution in [1.29, 1.82) is 0 Å². The molecule has 0 spiro atoms. The molecule has 0 radical (unpaired) electrons. The minimum absolute atomic E-state index is 0.0170. The Labute approximate surface area is 161 Å². The summed E-state index contributed by atoms with van der Waals surface area (Å²) in [6.45, 7) is 4.01. The summed E-state index contributed by atoms with van der Waals surface area (Å²) < 4.78 is 0. The first-order valence-electron chi connectivity index (χ1n) is 9.96. The van der Waals surface area contributed by atoms with E-state index < -0.39 is 0 Å². The molecule has 2 fully saturated rings. The fourth-order valence-corrected chi connectivity index (χ4v) is 4.34. The van der Waals surface area contributed by atoms with E-state index in [2.05, 4.69) is 47.2 Å². The number of likely N-dealkylation sites (tertiary alicyclic amines) is 1.